The number of allylic oxidation sites excluding steroid dienone is 7. The molecule has 1 aromatic carbocycles. The van der Waals surface area contributed by atoms with Crippen molar-refractivity contribution in [1.29, 1.82) is 0 Å². The molecule has 0 saturated heterocycles. The smallest absolute Gasteiger partial charge is 0.417 e. The molecule has 0 aliphatic carbocycles. The molecule has 0 bridgehead atoms. The predicted molar refractivity (Wildman–Crippen MR) is 93.4 cm³/mol. The van der Waals surface area contributed by atoms with E-state index in [-0.39, 0.29) is 0 Å². The van der Waals surface area contributed by atoms with Gasteiger partial charge in [-0.1, -0.05) is 36.4 Å². The van der Waals surface area contributed by atoms with Crippen LogP contribution in [0.2, 0.25) is 0 Å². The second kappa shape index (κ2) is 9.74. The molecule has 0 spiro atoms. The van der Waals surface area contributed by atoms with E-state index in [1.807, 2.05) is 31.2 Å². The normalized spacial score (nSPS) is 13.5. The molecular formula is C19H19NO4. The molecule has 5 heteroatoms. The Morgan fingerprint density at radius 1 is 1.08 bits per heavy atom. The number of benzene rings is 1. The average Bonchev–Trinajstić information content (AvgIpc) is 2.63. The van der Waals surface area contributed by atoms with Crippen molar-refractivity contribution < 1.29 is 19.0 Å². The lowest BCUT2D eigenvalue weighted by molar-refractivity contribution is 0.194. The van der Waals surface area contributed by atoms with Crippen LogP contribution in [0.4, 0.5) is 10.5 Å². The first kappa shape index (κ1) is 17.1. The second-order valence-corrected chi connectivity index (χ2v) is 4.55. The molecule has 2 rings (SSSR count). The number of nitrogens with one attached hydrogen (secondary N) is 1. The Morgan fingerprint density at radius 3 is 2.75 bits per heavy atom. The van der Waals surface area contributed by atoms with E-state index in [1.54, 1.807) is 42.5 Å². The topological polar surface area (TPSA) is 56.8 Å². The van der Waals surface area contributed by atoms with E-state index in [1.165, 1.54) is 12.5 Å². The van der Waals surface area contributed by atoms with E-state index in [0.717, 1.165) is 0 Å². The molecule has 1 N–H and O–H groups in total. The number of para-hydroxylation sites is 2. The number of ether oxygens (including phenoxy) is 3. The monoisotopic (exact) mass is 325 g/mol. The summed E-state index contributed by atoms with van der Waals surface area (Å²) in [6.07, 6.45) is 14.5. The summed E-state index contributed by atoms with van der Waals surface area (Å²) in [6.45, 7) is 2.38. The van der Waals surface area contributed by atoms with Crippen LogP contribution in [0.25, 0.3) is 0 Å². The van der Waals surface area contributed by atoms with Gasteiger partial charge >= 0.3 is 6.09 Å². The van der Waals surface area contributed by atoms with Crippen LogP contribution in [-0.4, -0.2) is 12.7 Å². The van der Waals surface area contributed by atoms with Gasteiger partial charge in [-0.15, -0.1) is 0 Å². The fourth-order valence-electron chi connectivity index (χ4n) is 1.80. The Labute approximate surface area is 141 Å². The summed E-state index contributed by atoms with van der Waals surface area (Å²) >= 11 is 0. The molecule has 1 aromatic rings. The van der Waals surface area contributed by atoms with Gasteiger partial charge in [0.15, 0.2) is 0 Å². The van der Waals surface area contributed by atoms with E-state index in [0.29, 0.717) is 23.8 Å². The van der Waals surface area contributed by atoms with Gasteiger partial charge < -0.3 is 14.2 Å². The number of carbonyl (C=O) groups excluding carboxylic acids is 1. The van der Waals surface area contributed by atoms with Crippen molar-refractivity contribution in [3.05, 3.63) is 85.1 Å². The summed E-state index contributed by atoms with van der Waals surface area (Å²) in [5.41, 5.74) is 0.545. The highest BCUT2D eigenvalue weighted by Gasteiger charge is 2.09. The maximum absolute atomic E-state index is 12.1. The Kier molecular flexibility index (Phi) is 6.96. The van der Waals surface area contributed by atoms with Gasteiger partial charge in [-0.25, -0.2) is 4.79 Å². The number of anilines is 1. The minimum Gasteiger partial charge on any atom is -0.492 e. The van der Waals surface area contributed by atoms with Crippen molar-refractivity contribution >= 4 is 11.8 Å². The number of amides is 1. The minimum atomic E-state index is -0.618. The third-order valence-corrected chi connectivity index (χ3v) is 2.81. The van der Waals surface area contributed by atoms with Crippen LogP contribution in [0.1, 0.15) is 6.92 Å². The molecule has 1 amide bonds. The molecule has 0 radical (unpaired) electrons. The molecule has 0 unspecified atom stereocenters. The van der Waals surface area contributed by atoms with Crippen molar-refractivity contribution in [2.75, 3.05) is 11.9 Å². The van der Waals surface area contributed by atoms with Gasteiger partial charge in [-0.3, -0.25) is 5.32 Å². The SMILES string of the molecule is CCOc1ccccc1NC(=O)OC1=CC=CC=CC=COC=C1. The highest BCUT2D eigenvalue weighted by molar-refractivity contribution is 5.87. The van der Waals surface area contributed by atoms with Gasteiger partial charge in [0.1, 0.15) is 11.5 Å². The number of hydrogen-bond donors (Lipinski definition) is 1. The van der Waals surface area contributed by atoms with E-state index in [2.05, 4.69) is 5.32 Å². The van der Waals surface area contributed by atoms with Crippen molar-refractivity contribution in [2.45, 2.75) is 6.92 Å². The quantitative estimate of drug-likeness (QED) is 0.872. The maximum Gasteiger partial charge on any atom is 0.417 e. The zero-order valence-electron chi connectivity index (χ0n) is 13.3. The fourth-order valence-corrected chi connectivity index (χ4v) is 1.80. The summed E-state index contributed by atoms with van der Waals surface area (Å²) in [4.78, 5) is 12.1. The molecule has 0 saturated carbocycles. The summed E-state index contributed by atoms with van der Waals surface area (Å²) in [5.74, 6) is 0.920. The lowest BCUT2D eigenvalue weighted by Crippen LogP contribution is -2.14. The van der Waals surface area contributed by atoms with Crippen LogP contribution in [0.15, 0.2) is 85.1 Å². The molecule has 1 heterocycles. The Bertz CT molecular complexity index is 699. The zero-order chi connectivity index (χ0) is 17.0. The zero-order valence-corrected chi connectivity index (χ0v) is 13.3. The highest BCUT2D eigenvalue weighted by atomic mass is 16.6. The second-order valence-electron chi connectivity index (χ2n) is 4.55. The van der Waals surface area contributed by atoms with Crippen molar-refractivity contribution in [1.82, 2.24) is 0 Å². The standard InChI is InChI=1S/C19H19NO4/c1-2-23-18-12-8-7-11-17(18)20-19(21)24-16-10-6-4-3-5-9-14-22-15-13-16/h3-15H,2H2,1H3,(H,20,21). The van der Waals surface area contributed by atoms with Crippen LogP contribution in [-0.2, 0) is 9.47 Å². The number of rotatable bonds is 4. The lowest BCUT2D eigenvalue weighted by Gasteiger charge is -2.11. The summed E-state index contributed by atoms with van der Waals surface area (Å²) < 4.78 is 15.9. The molecule has 24 heavy (non-hydrogen) atoms. The van der Waals surface area contributed by atoms with Crippen molar-refractivity contribution in [3.8, 4) is 5.75 Å². The van der Waals surface area contributed by atoms with Gasteiger partial charge in [0.05, 0.1) is 24.8 Å². The van der Waals surface area contributed by atoms with Gasteiger partial charge in [-0.2, -0.15) is 0 Å². The van der Waals surface area contributed by atoms with Gasteiger partial charge in [-0.05, 0) is 31.2 Å². The van der Waals surface area contributed by atoms with Crippen LogP contribution in [0.5, 0.6) is 5.75 Å². The third kappa shape index (κ3) is 5.88. The summed E-state index contributed by atoms with van der Waals surface area (Å²) in [6, 6.07) is 7.16. The molecule has 0 fully saturated rings. The van der Waals surface area contributed by atoms with Crippen molar-refractivity contribution in [3.63, 3.8) is 0 Å². The number of hydrogen-bond acceptors (Lipinski definition) is 4. The average molecular weight is 325 g/mol. The van der Waals surface area contributed by atoms with E-state index in [4.69, 9.17) is 14.2 Å². The molecular weight excluding hydrogens is 306 g/mol. The molecule has 0 aromatic heterocycles. The number of carbonyl (C=O) groups is 1. The fraction of sp³-hybridized carbons (Fsp3) is 0.105. The van der Waals surface area contributed by atoms with Gasteiger partial charge in [0, 0.05) is 6.08 Å². The van der Waals surface area contributed by atoms with Gasteiger partial charge in [0.25, 0.3) is 0 Å². The van der Waals surface area contributed by atoms with E-state index >= 15 is 0 Å². The first-order valence-electron chi connectivity index (χ1n) is 7.52. The minimum absolute atomic E-state index is 0.335. The molecule has 5 nitrogen and oxygen atoms in total. The van der Waals surface area contributed by atoms with E-state index in [9.17, 15) is 4.79 Å². The maximum atomic E-state index is 12.1. The Balaban J connectivity index is 2.05. The lowest BCUT2D eigenvalue weighted by atomic mass is 10.3. The molecule has 0 atom stereocenters. The Hall–Kier alpha value is -3.21. The first-order valence-corrected chi connectivity index (χ1v) is 7.52. The molecule has 1 aliphatic heterocycles. The van der Waals surface area contributed by atoms with E-state index < -0.39 is 6.09 Å². The Morgan fingerprint density at radius 2 is 1.88 bits per heavy atom. The highest BCUT2D eigenvalue weighted by Crippen LogP contribution is 2.24. The van der Waals surface area contributed by atoms with Crippen molar-refractivity contribution in [2.24, 2.45) is 0 Å². The van der Waals surface area contributed by atoms with Crippen LogP contribution in [0.3, 0.4) is 0 Å². The largest absolute Gasteiger partial charge is 0.492 e. The first-order chi connectivity index (χ1) is 11.8. The summed E-state index contributed by atoms with van der Waals surface area (Å²) in [5, 5.41) is 2.67. The third-order valence-electron chi connectivity index (χ3n) is 2.81. The summed E-state index contributed by atoms with van der Waals surface area (Å²) in [7, 11) is 0. The van der Waals surface area contributed by atoms with Crippen LogP contribution >= 0.6 is 0 Å². The van der Waals surface area contributed by atoms with Crippen LogP contribution < -0.4 is 10.1 Å². The molecule has 1 aliphatic rings. The predicted octanol–water partition coefficient (Wildman–Crippen LogP) is 4.69. The molecule has 124 valence electrons. The van der Waals surface area contributed by atoms with Crippen LogP contribution in [0, 0.1) is 0 Å². The van der Waals surface area contributed by atoms with Gasteiger partial charge in [0.2, 0.25) is 0 Å².